The highest BCUT2D eigenvalue weighted by Crippen LogP contribution is 2.60. The lowest BCUT2D eigenvalue weighted by molar-refractivity contribution is -0.159. The molecule has 7 heteroatoms. The summed E-state index contributed by atoms with van der Waals surface area (Å²) in [6.45, 7) is 41.0. The Hall–Kier alpha value is -0.766. The second kappa shape index (κ2) is 12.4. The highest BCUT2D eigenvalue weighted by Gasteiger charge is 2.58. The van der Waals surface area contributed by atoms with Crippen LogP contribution in [0.2, 0.25) is 36.3 Å². The van der Waals surface area contributed by atoms with Crippen molar-refractivity contribution in [1.82, 2.24) is 0 Å². The summed E-state index contributed by atoms with van der Waals surface area (Å²) >= 11 is 0. The van der Waals surface area contributed by atoms with E-state index in [9.17, 15) is 4.79 Å². The number of allylic oxidation sites excluding steroid dienone is 2. The smallest absolute Gasteiger partial charge is 0.331 e. The first-order chi connectivity index (χ1) is 19.0. The summed E-state index contributed by atoms with van der Waals surface area (Å²) in [7, 11) is -3.99. The van der Waals surface area contributed by atoms with Crippen LogP contribution in [0.4, 0.5) is 0 Å². The minimum Gasteiger partial charge on any atom is -0.458 e. The topological polar surface area (TPSA) is 57.1 Å². The molecular formula is C36H69NO4Si2. The zero-order chi connectivity index (χ0) is 33.7. The molecule has 1 fully saturated rings. The number of nitrogens with zero attached hydrogens (tertiary/aromatic N) is 1. The zero-order valence-electron chi connectivity index (χ0n) is 31.5. The lowest BCUT2D eigenvalue weighted by Crippen LogP contribution is -2.60. The molecule has 2 rings (SSSR count). The molecule has 0 aromatic rings. The van der Waals surface area contributed by atoms with Crippen molar-refractivity contribution in [2.24, 2.45) is 27.2 Å². The van der Waals surface area contributed by atoms with Crippen LogP contribution in [0, 0.1) is 22.2 Å². The highest BCUT2D eigenvalue weighted by molar-refractivity contribution is 6.74. The van der Waals surface area contributed by atoms with Crippen LogP contribution in [0.15, 0.2) is 16.6 Å². The van der Waals surface area contributed by atoms with Crippen LogP contribution < -0.4 is 0 Å². The molecule has 250 valence electrons. The maximum Gasteiger partial charge on any atom is 0.331 e. The number of carbonyl (C=O) groups is 1. The van der Waals surface area contributed by atoms with E-state index < -0.39 is 28.3 Å². The first kappa shape index (κ1) is 38.4. The van der Waals surface area contributed by atoms with Crippen molar-refractivity contribution in [3.63, 3.8) is 0 Å². The second-order valence-corrected chi connectivity index (χ2v) is 28.8. The van der Waals surface area contributed by atoms with Crippen molar-refractivity contribution in [3.8, 4) is 0 Å². The molecule has 0 saturated heterocycles. The van der Waals surface area contributed by atoms with E-state index in [4.69, 9.17) is 18.6 Å². The summed E-state index contributed by atoms with van der Waals surface area (Å²) in [6.07, 6.45) is 8.69. The number of esters is 1. The molecule has 5 nitrogen and oxygen atoms in total. The summed E-state index contributed by atoms with van der Waals surface area (Å²) in [5.41, 5.74) is 0.142. The molecule has 0 unspecified atom stereocenters. The molecule has 0 aliphatic heterocycles. The van der Waals surface area contributed by atoms with Gasteiger partial charge in [0.15, 0.2) is 22.7 Å². The van der Waals surface area contributed by atoms with Gasteiger partial charge < -0.3 is 13.6 Å². The third-order valence-corrected chi connectivity index (χ3v) is 20.3. The minimum absolute atomic E-state index is 0.0725. The quantitative estimate of drug-likeness (QED) is 0.151. The van der Waals surface area contributed by atoms with Crippen molar-refractivity contribution < 1.29 is 18.4 Å². The number of fused-ring (bicyclic) bond motifs is 1. The molecule has 0 amide bonds. The van der Waals surface area contributed by atoms with Crippen molar-refractivity contribution in [1.29, 1.82) is 0 Å². The van der Waals surface area contributed by atoms with Gasteiger partial charge >= 0.3 is 5.97 Å². The largest absolute Gasteiger partial charge is 0.458 e. The van der Waals surface area contributed by atoms with E-state index >= 15 is 0 Å². The van der Waals surface area contributed by atoms with Crippen LogP contribution in [0.5, 0.6) is 0 Å². The van der Waals surface area contributed by atoms with E-state index in [1.165, 1.54) is 5.57 Å². The van der Waals surface area contributed by atoms with E-state index in [-0.39, 0.29) is 38.4 Å². The molecule has 2 aliphatic rings. The van der Waals surface area contributed by atoms with Crippen LogP contribution >= 0.6 is 0 Å². The number of hydrogen-bond donors (Lipinski definition) is 0. The third kappa shape index (κ3) is 8.74. The highest BCUT2D eigenvalue weighted by atomic mass is 28.4. The maximum atomic E-state index is 13.3. The van der Waals surface area contributed by atoms with Crippen molar-refractivity contribution >= 4 is 28.8 Å². The second-order valence-electron chi connectivity index (χ2n) is 19.2. The maximum absolute atomic E-state index is 13.3. The van der Waals surface area contributed by atoms with Gasteiger partial charge in [0.2, 0.25) is 0 Å². The fourth-order valence-electron chi connectivity index (χ4n) is 6.34. The number of hydrogen-bond acceptors (Lipinski definition) is 5. The van der Waals surface area contributed by atoms with Gasteiger partial charge in [-0.1, -0.05) is 82.2 Å². The van der Waals surface area contributed by atoms with E-state index in [0.717, 1.165) is 32.3 Å². The van der Waals surface area contributed by atoms with Crippen LogP contribution in [-0.2, 0) is 18.4 Å². The van der Waals surface area contributed by atoms with Crippen LogP contribution in [-0.4, -0.2) is 53.2 Å². The first-order valence-corrected chi connectivity index (χ1v) is 22.6. The lowest BCUT2D eigenvalue weighted by atomic mass is 9.50. The minimum atomic E-state index is -2.01. The van der Waals surface area contributed by atoms with Gasteiger partial charge in [0.1, 0.15) is 5.60 Å². The van der Waals surface area contributed by atoms with Crippen molar-refractivity contribution in [2.75, 3.05) is 6.61 Å². The molecule has 0 bridgehead atoms. The van der Waals surface area contributed by atoms with Crippen LogP contribution in [0.1, 0.15) is 123 Å². The van der Waals surface area contributed by atoms with Gasteiger partial charge in [-0.15, -0.1) is 0 Å². The van der Waals surface area contributed by atoms with Crippen LogP contribution in [0.25, 0.3) is 0 Å². The van der Waals surface area contributed by atoms with E-state index in [0.29, 0.717) is 5.92 Å². The summed E-state index contributed by atoms with van der Waals surface area (Å²) in [6, 6.07) is -0.567. The summed E-state index contributed by atoms with van der Waals surface area (Å²) in [4.78, 5) is 18.3. The van der Waals surface area contributed by atoms with Gasteiger partial charge in [-0.2, -0.15) is 0 Å². The Morgan fingerprint density at radius 3 is 1.93 bits per heavy atom. The molecule has 5 atom stereocenters. The molecule has 0 aromatic heterocycles. The van der Waals surface area contributed by atoms with Crippen LogP contribution in [0.3, 0.4) is 0 Å². The standard InChI is InChI=1S/C36H69NO4Si2/c1-31(2,3)29(30(38)40-32(4,5)6)37-24-26-20-19-21-27-35(26,13)23-22-28(41-43(17,18)34(10,11)12)36(27,14)25-39-42(15,16)33(7,8)9/h20,24,27-29H,19,21-23,25H2,1-18H3/t27-,28+,29-,35-,36+/m1/s1. The molecule has 0 radical (unpaired) electrons. The Labute approximate surface area is 268 Å². The Morgan fingerprint density at radius 1 is 0.930 bits per heavy atom. The number of aliphatic imine (C=N–C) groups is 1. The Bertz CT molecular complexity index is 1050. The average Bonchev–Trinajstić information content (AvgIpc) is 2.77. The first-order valence-electron chi connectivity index (χ1n) is 16.8. The normalized spacial score (nSPS) is 28.8. The SMILES string of the molecule is CC(C)(C)OC(=O)[C@@H](N=CC1=CCC[C@H]2[C@](C)(CO[Si](C)(C)C(C)(C)C)[C@@H](O[Si](C)(C)C(C)(C)C)CC[C@]12C)C(C)(C)C. The number of rotatable bonds is 8. The summed E-state index contributed by atoms with van der Waals surface area (Å²) in [5, 5.41) is 0.286. The van der Waals surface area contributed by atoms with Crippen molar-refractivity contribution in [2.45, 2.75) is 177 Å². The molecule has 0 aromatic carbocycles. The third-order valence-electron chi connectivity index (χ3n) is 11.3. The van der Waals surface area contributed by atoms with E-state index in [1.807, 2.05) is 27.0 Å². The Balaban J connectivity index is 2.55. The average molecular weight is 636 g/mol. The summed E-state index contributed by atoms with van der Waals surface area (Å²) in [5.74, 6) is 0.128. The van der Waals surface area contributed by atoms with E-state index in [2.05, 4.69) is 108 Å². The Morgan fingerprint density at radius 2 is 1.47 bits per heavy atom. The number of carbonyl (C=O) groups excluding carboxylic acids is 1. The molecule has 0 N–H and O–H groups in total. The van der Waals surface area contributed by atoms with Gasteiger partial charge in [0.25, 0.3) is 0 Å². The van der Waals surface area contributed by atoms with Gasteiger partial charge in [-0.25, -0.2) is 4.79 Å². The predicted octanol–water partition coefficient (Wildman–Crippen LogP) is 10.4. The summed E-state index contributed by atoms with van der Waals surface area (Å²) < 4.78 is 20.2. The van der Waals surface area contributed by atoms with Gasteiger partial charge in [-0.05, 0) is 105 Å². The monoisotopic (exact) mass is 635 g/mol. The molecular weight excluding hydrogens is 567 g/mol. The number of ether oxygens (including phenoxy) is 1. The van der Waals surface area contributed by atoms with Gasteiger partial charge in [-0.3, -0.25) is 4.99 Å². The fraction of sp³-hybridized carbons (Fsp3) is 0.889. The molecule has 43 heavy (non-hydrogen) atoms. The molecule has 2 aliphatic carbocycles. The van der Waals surface area contributed by atoms with E-state index in [1.54, 1.807) is 0 Å². The Kier molecular flexibility index (Phi) is 11.1. The lowest BCUT2D eigenvalue weighted by Gasteiger charge is -2.60. The molecule has 0 heterocycles. The predicted molar refractivity (Wildman–Crippen MR) is 189 cm³/mol. The zero-order valence-corrected chi connectivity index (χ0v) is 33.5. The molecule has 1 saturated carbocycles. The van der Waals surface area contributed by atoms with Crippen molar-refractivity contribution in [3.05, 3.63) is 11.6 Å². The van der Waals surface area contributed by atoms with Gasteiger partial charge in [0.05, 0.1) is 6.10 Å². The van der Waals surface area contributed by atoms with Gasteiger partial charge in [0, 0.05) is 18.2 Å². The molecule has 0 spiro atoms. The fourth-order valence-corrected chi connectivity index (χ4v) is 8.90.